The lowest BCUT2D eigenvalue weighted by Crippen LogP contribution is -2.27. The van der Waals surface area contributed by atoms with Crippen molar-refractivity contribution in [3.8, 4) is 0 Å². The molecule has 0 saturated carbocycles. The van der Waals surface area contributed by atoms with Crippen molar-refractivity contribution in [1.29, 1.82) is 0 Å². The Labute approximate surface area is 95.3 Å². The van der Waals surface area contributed by atoms with Crippen LogP contribution in [0.25, 0.3) is 0 Å². The largest absolute Gasteiger partial charge is 0.371 e. The molecule has 0 amide bonds. The molecule has 1 atom stereocenters. The number of aromatic nitrogens is 2. The second kappa shape index (κ2) is 4.74. The standard InChI is InChI=1S/C11H18FN3O/c1-6-11(3,16-5)10-14-7(2)8(12)9(13-4)15-10/h6H2,1-5H3,(H,13,14,15). The normalized spacial score (nSPS) is 14.6. The number of ether oxygens (including phenoxy) is 1. The van der Waals surface area contributed by atoms with Crippen LogP contribution in [0.3, 0.4) is 0 Å². The number of aryl methyl sites for hydroxylation is 1. The van der Waals surface area contributed by atoms with E-state index in [1.165, 1.54) is 0 Å². The summed E-state index contributed by atoms with van der Waals surface area (Å²) < 4.78 is 18.9. The number of rotatable bonds is 4. The molecule has 1 aromatic rings. The fourth-order valence-electron chi connectivity index (χ4n) is 1.36. The Bertz CT molecular complexity index is 378. The second-order valence-electron chi connectivity index (χ2n) is 3.83. The minimum Gasteiger partial charge on any atom is -0.371 e. The molecule has 5 heteroatoms. The molecule has 1 N–H and O–H groups in total. The van der Waals surface area contributed by atoms with E-state index in [0.29, 0.717) is 11.5 Å². The van der Waals surface area contributed by atoms with Gasteiger partial charge in [-0.05, 0) is 20.3 Å². The Balaban J connectivity index is 3.30. The summed E-state index contributed by atoms with van der Waals surface area (Å²) in [6, 6.07) is 0. The van der Waals surface area contributed by atoms with Crippen LogP contribution in [-0.4, -0.2) is 24.1 Å². The first-order valence-corrected chi connectivity index (χ1v) is 5.26. The van der Waals surface area contributed by atoms with Gasteiger partial charge in [0.25, 0.3) is 0 Å². The molecule has 0 saturated heterocycles. The fourth-order valence-corrected chi connectivity index (χ4v) is 1.36. The molecule has 16 heavy (non-hydrogen) atoms. The van der Waals surface area contributed by atoms with Crippen molar-refractivity contribution in [2.24, 2.45) is 0 Å². The molecule has 1 heterocycles. The van der Waals surface area contributed by atoms with Crippen LogP contribution in [0.1, 0.15) is 31.8 Å². The molecule has 0 fully saturated rings. The van der Waals surface area contributed by atoms with E-state index in [9.17, 15) is 4.39 Å². The molecule has 4 nitrogen and oxygen atoms in total. The number of nitrogens with zero attached hydrogens (tertiary/aromatic N) is 2. The Morgan fingerprint density at radius 3 is 2.50 bits per heavy atom. The Morgan fingerprint density at radius 1 is 1.44 bits per heavy atom. The van der Waals surface area contributed by atoms with E-state index < -0.39 is 11.4 Å². The van der Waals surface area contributed by atoms with Crippen molar-refractivity contribution in [2.75, 3.05) is 19.5 Å². The Hall–Kier alpha value is -1.23. The number of halogens is 1. The molecule has 0 aliphatic rings. The van der Waals surface area contributed by atoms with Crippen molar-refractivity contribution in [1.82, 2.24) is 9.97 Å². The van der Waals surface area contributed by atoms with Gasteiger partial charge in [0.2, 0.25) is 0 Å². The highest BCUT2D eigenvalue weighted by Gasteiger charge is 2.29. The van der Waals surface area contributed by atoms with Crippen molar-refractivity contribution in [3.05, 3.63) is 17.3 Å². The third-order valence-corrected chi connectivity index (χ3v) is 2.85. The summed E-state index contributed by atoms with van der Waals surface area (Å²) in [6.07, 6.45) is 0.720. The van der Waals surface area contributed by atoms with Crippen LogP contribution >= 0.6 is 0 Å². The summed E-state index contributed by atoms with van der Waals surface area (Å²) >= 11 is 0. The summed E-state index contributed by atoms with van der Waals surface area (Å²) in [6.45, 7) is 5.48. The van der Waals surface area contributed by atoms with Gasteiger partial charge >= 0.3 is 0 Å². The zero-order valence-electron chi connectivity index (χ0n) is 10.4. The molecule has 0 aromatic carbocycles. The molecular formula is C11H18FN3O. The average molecular weight is 227 g/mol. The zero-order chi connectivity index (χ0) is 12.3. The topological polar surface area (TPSA) is 47.0 Å². The van der Waals surface area contributed by atoms with E-state index >= 15 is 0 Å². The summed E-state index contributed by atoms with van der Waals surface area (Å²) in [7, 11) is 3.23. The number of hydrogen-bond donors (Lipinski definition) is 1. The summed E-state index contributed by atoms with van der Waals surface area (Å²) in [5.41, 5.74) is -0.254. The van der Waals surface area contributed by atoms with E-state index in [2.05, 4.69) is 15.3 Å². The number of hydrogen-bond acceptors (Lipinski definition) is 4. The van der Waals surface area contributed by atoms with E-state index in [1.807, 2.05) is 13.8 Å². The highest BCUT2D eigenvalue weighted by molar-refractivity contribution is 5.37. The average Bonchev–Trinajstić information content (AvgIpc) is 2.31. The first kappa shape index (κ1) is 12.8. The van der Waals surface area contributed by atoms with Gasteiger partial charge in [-0.25, -0.2) is 14.4 Å². The van der Waals surface area contributed by atoms with Gasteiger partial charge in [0, 0.05) is 14.2 Å². The molecule has 0 aliphatic heterocycles. The van der Waals surface area contributed by atoms with Crippen LogP contribution < -0.4 is 5.32 Å². The lowest BCUT2D eigenvalue weighted by molar-refractivity contribution is -0.00913. The maximum absolute atomic E-state index is 13.5. The maximum atomic E-state index is 13.5. The van der Waals surface area contributed by atoms with Gasteiger partial charge in [-0.15, -0.1) is 0 Å². The quantitative estimate of drug-likeness (QED) is 0.857. The van der Waals surface area contributed by atoms with Crippen LogP contribution in [0.15, 0.2) is 0 Å². The van der Waals surface area contributed by atoms with Crippen LogP contribution in [0.4, 0.5) is 10.2 Å². The van der Waals surface area contributed by atoms with Gasteiger partial charge in [-0.1, -0.05) is 6.92 Å². The van der Waals surface area contributed by atoms with E-state index in [1.54, 1.807) is 21.1 Å². The van der Waals surface area contributed by atoms with Crippen molar-refractivity contribution in [3.63, 3.8) is 0 Å². The zero-order valence-corrected chi connectivity index (χ0v) is 10.4. The van der Waals surface area contributed by atoms with Gasteiger partial charge in [0.05, 0.1) is 5.69 Å². The molecule has 0 spiro atoms. The second-order valence-corrected chi connectivity index (χ2v) is 3.83. The first-order valence-electron chi connectivity index (χ1n) is 5.26. The van der Waals surface area contributed by atoms with Gasteiger partial charge in [-0.2, -0.15) is 0 Å². The number of nitrogens with one attached hydrogen (secondary N) is 1. The number of anilines is 1. The van der Waals surface area contributed by atoms with Crippen LogP contribution in [0, 0.1) is 12.7 Å². The molecule has 1 aromatic heterocycles. The van der Waals surface area contributed by atoms with Gasteiger partial charge in [-0.3, -0.25) is 0 Å². The Kier molecular flexibility index (Phi) is 3.80. The lowest BCUT2D eigenvalue weighted by Gasteiger charge is -2.25. The smallest absolute Gasteiger partial charge is 0.186 e. The van der Waals surface area contributed by atoms with E-state index in [0.717, 1.165) is 6.42 Å². The predicted molar refractivity (Wildman–Crippen MR) is 60.9 cm³/mol. The minimum atomic E-state index is -0.579. The van der Waals surface area contributed by atoms with Crippen molar-refractivity contribution < 1.29 is 9.13 Å². The van der Waals surface area contributed by atoms with Crippen molar-refractivity contribution in [2.45, 2.75) is 32.8 Å². The first-order chi connectivity index (χ1) is 7.48. The predicted octanol–water partition coefficient (Wildman–Crippen LogP) is 2.24. The van der Waals surface area contributed by atoms with Crippen molar-refractivity contribution >= 4 is 5.82 Å². The molecule has 1 unspecified atom stereocenters. The Morgan fingerprint density at radius 2 is 2.06 bits per heavy atom. The molecule has 1 rings (SSSR count). The van der Waals surface area contributed by atoms with E-state index in [-0.39, 0.29) is 5.82 Å². The maximum Gasteiger partial charge on any atom is 0.186 e. The number of methoxy groups -OCH3 is 1. The van der Waals surface area contributed by atoms with Gasteiger partial charge < -0.3 is 10.1 Å². The summed E-state index contributed by atoms with van der Waals surface area (Å²) in [5, 5.41) is 2.72. The third kappa shape index (κ3) is 2.14. The van der Waals surface area contributed by atoms with E-state index in [4.69, 9.17) is 4.74 Å². The molecule has 0 bridgehead atoms. The lowest BCUT2D eigenvalue weighted by atomic mass is 10.0. The summed E-state index contributed by atoms with van der Waals surface area (Å²) in [5.74, 6) is 0.292. The minimum absolute atomic E-state index is 0.208. The highest BCUT2D eigenvalue weighted by Crippen LogP contribution is 2.27. The summed E-state index contributed by atoms with van der Waals surface area (Å²) in [4.78, 5) is 8.29. The van der Waals surface area contributed by atoms with Gasteiger partial charge in [0.15, 0.2) is 17.5 Å². The van der Waals surface area contributed by atoms with Crippen LogP contribution in [-0.2, 0) is 10.3 Å². The fraction of sp³-hybridized carbons (Fsp3) is 0.636. The van der Waals surface area contributed by atoms with Crippen LogP contribution in [0.5, 0.6) is 0 Å². The molecular weight excluding hydrogens is 209 g/mol. The van der Waals surface area contributed by atoms with Gasteiger partial charge in [0.1, 0.15) is 5.60 Å². The molecule has 0 aliphatic carbocycles. The SMILES string of the molecule is CCC(C)(OC)c1nc(C)c(F)c(NC)n1. The van der Waals surface area contributed by atoms with Crippen LogP contribution in [0.2, 0.25) is 0 Å². The molecule has 90 valence electrons. The monoisotopic (exact) mass is 227 g/mol. The molecule has 0 radical (unpaired) electrons. The third-order valence-electron chi connectivity index (χ3n) is 2.85. The highest BCUT2D eigenvalue weighted by atomic mass is 19.1.